The maximum atomic E-state index is 14.5. The van der Waals surface area contributed by atoms with Gasteiger partial charge in [-0.15, -0.1) is 0 Å². The summed E-state index contributed by atoms with van der Waals surface area (Å²) in [4.78, 5) is 34.2. The molecule has 9 heteroatoms. The van der Waals surface area contributed by atoms with Crippen molar-refractivity contribution in [2.24, 2.45) is 0 Å². The number of carbonyl (C=O) groups excluding carboxylic acids is 1. The monoisotopic (exact) mass is 430 g/mol. The van der Waals surface area contributed by atoms with Crippen molar-refractivity contribution in [2.45, 2.75) is 5.16 Å². The van der Waals surface area contributed by atoms with Crippen LogP contribution >= 0.6 is 11.8 Å². The quantitative estimate of drug-likeness (QED) is 0.470. The Bertz CT molecular complexity index is 1160. The van der Waals surface area contributed by atoms with E-state index in [1.54, 1.807) is 29.2 Å². The lowest BCUT2D eigenvalue weighted by atomic mass is 10.2. The van der Waals surface area contributed by atoms with Gasteiger partial charge in [-0.05, 0) is 31.3 Å². The summed E-state index contributed by atoms with van der Waals surface area (Å²) in [6.07, 6.45) is 0. The van der Waals surface area contributed by atoms with Gasteiger partial charge >= 0.3 is 0 Å². The molecule has 2 heterocycles. The van der Waals surface area contributed by atoms with Gasteiger partial charge in [0.1, 0.15) is 11.6 Å². The fourth-order valence-corrected chi connectivity index (χ4v) is 4.27. The lowest BCUT2D eigenvalue weighted by Crippen LogP contribution is -2.47. The van der Waals surface area contributed by atoms with Crippen molar-refractivity contribution in [2.75, 3.05) is 39.0 Å². The number of likely N-dealkylation sites (N-methyl/N-ethyl adjacent to an activating group) is 1. The van der Waals surface area contributed by atoms with Crippen LogP contribution in [0.15, 0.2) is 52.4 Å². The molecule has 0 bridgehead atoms. The molecule has 0 unspecified atom stereocenters. The first-order valence-corrected chi connectivity index (χ1v) is 10.5. The summed E-state index contributed by atoms with van der Waals surface area (Å²) in [5.41, 5.74) is -0.120. The number of fused-ring (bicyclic) bond motifs is 1. The Hall–Kier alpha value is -2.78. The first-order valence-electron chi connectivity index (χ1n) is 9.50. The summed E-state index contributed by atoms with van der Waals surface area (Å²) < 4.78 is 29.0. The van der Waals surface area contributed by atoms with Crippen LogP contribution in [0.25, 0.3) is 16.6 Å². The maximum absolute atomic E-state index is 14.5. The van der Waals surface area contributed by atoms with Gasteiger partial charge in [0.15, 0.2) is 5.16 Å². The number of hydrogen-bond acceptors (Lipinski definition) is 5. The highest BCUT2D eigenvalue weighted by Crippen LogP contribution is 2.23. The molecule has 0 radical (unpaired) electrons. The van der Waals surface area contributed by atoms with E-state index in [0.29, 0.717) is 24.0 Å². The molecule has 0 saturated carbocycles. The van der Waals surface area contributed by atoms with Crippen molar-refractivity contribution in [3.8, 4) is 5.69 Å². The van der Waals surface area contributed by atoms with Gasteiger partial charge < -0.3 is 9.80 Å². The van der Waals surface area contributed by atoms with Crippen molar-refractivity contribution in [3.05, 3.63) is 64.5 Å². The summed E-state index contributed by atoms with van der Waals surface area (Å²) in [7, 11) is 2.01. The molecule has 1 amide bonds. The third kappa shape index (κ3) is 4.08. The molecule has 1 aromatic heterocycles. The van der Waals surface area contributed by atoms with Crippen molar-refractivity contribution in [3.63, 3.8) is 0 Å². The molecule has 0 atom stereocenters. The average molecular weight is 430 g/mol. The fraction of sp³-hybridized carbons (Fsp3) is 0.286. The van der Waals surface area contributed by atoms with E-state index in [4.69, 9.17) is 0 Å². The normalized spacial score (nSPS) is 15.0. The van der Waals surface area contributed by atoms with Gasteiger partial charge in [0.25, 0.3) is 5.56 Å². The van der Waals surface area contributed by atoms with Crippen LogP contribution in [0.1, 0.15) is 0 Å². The van der Waals surface area contributed by atoms with E-state index >= 15 is 0 Å². The molecule has 3 aromatic rings. The minimum atomic E-state index is -0.874. The average Bonchev–Trinajstić information content (AvgIpc) is 2.73. The summed E-state index contributed by atoms with van der Waals surface area (Å²) in [5, 5.41) is 0.502. The van der Waals surface area contributed by atoms with Crippen LogP contribution in [0, 0.1) is 11.6 Å². The molecule has 6 nitrogen and oxygen atoms in total. The minimum Gasteiger partial charge on any atom is -0.339 e. The van der Waals surface area contributed by atoms with Crippen molar-refractivity contribution in [1.82, 2.24) is 19.4 Å². The molecule has 0 spiro atoms. The van der Waals surface area contributed by atoms with Gasteiger partial charge in [-0.1, -0.05) is 23.9 Å². The van der Waals surface area contributed by atoms with E-state index in [0.717, 1.165) is 41.6 Å². The zero-order valence-electron chi connectivity index (χ0n) is 16.3. The largest absolute Gasteiger partial charge is 0.339 e. The van der Waals surface area contributed by atoms with Gasteiger partial charge in [0.05, 0.1) is 22.3 Å². The molecule has 1 saturated heterocycles. The van der Waals surface area contributed by atoms with E-state index in [1.165, 1.54) is 6.07 Å². The number of carbonyl (C=O) groups is 1. The minimum absolute atomic E-state index is 0.0668. The molecule has 156 valence electrons. The topological polar surface area (TPSA) is 58.4 Å². The van der Waals surface area contributed by atoms with E-state index < -0.39 is 17.2 Å². The number of aromatic nitrogens is 2. The van der Waals surface area contributed by atoms with Gasteiger partial charge in [-0.2, -0.15) is 0 Å². The van der Waals surface area contributed by atoms with Crippen molar-refractivity contribution >= 4 is 28.6 Å². The van der Waals surface area contributed by atoms with E-state index in [-0.39, 0.29) is 22.5 Å². The smallest absolute Gasteiger partial charge is 0.266 e. The van der Waals surface area contributed by atoms with Crippen LogP contribution < -0.4 is 5.56 Å². The molecule has 2 aromatic carbocycles. The number of para-hydroxylation sites is 1. The number of benzene rings is 2. The SMILES string of the molecule is CN1CCN(C(=O)CSc2nc3ccccc3c(=O)n2-c2ccc(F)cc2F)CC1. The zero-order chi connectivity index (χ0) is 21.3. The number of piperazine rings is 1. The van der Waals surface area contributed by atoms with Gasteiger partial charge in [-0.3, -0.25) is 14.2 Å². The van der Waals surface area contributed by atoms with E-state index in [2.05, 4.69) is 9.88 Å². The van der Waals surface area contributed by atoms with Gasteiger partial charge in [-0.25, -0.2) is 13.8 Å². The van der Waals surface area contributed by atoms with Crippen molar-refractivity contribution < 1.29 is 13.6 Å². The van der Waals surface area contributed by atoms with E-state index in [1.807, 2.05) is 7.05 Å². The third-order valence-corrected chi connectivity index (χ3v) is 6.00. The Morgan fingerprint density at radius 2 is 1.83 bits per heavy atom. The molecule has 1 fully saturated rings. The van der Waals surface area contributed by atoms with Gasteiger partial charge in [0.2, 0.25) is 5.91 Å². The van der Waals surface area contributed by atoms with Crippen LogP contribution in [0.2, 0.25) is 0 Å². The first kappa shape index (κ1) is 20.5. The molecular formula is C21H20F2N4O2S. The van der Waals surface area contributed by atoms with Crippen molar-refractivity contribution in [1.29, 1.82) is 0 Å². The molecule has 0 aliphatic carbocycles. The van der Waals surface area contributed by atoms with Crippen LogP contribution in [-0.4, -0.2) is 64.2 Å². The number of hydrogen-bond donors (Lipinski definition) is 0. The number of rotatable bonds is 4. The molecule has 0 N–H and O–H groups in total. The number of thioether (sulfide) groups is 1. The lowest BCUT2D eigenvalue weighted by Gasteiger charge is -2.32. The Kier molecular flexibility index (Phi) is 5.83. The van der Waals surface area contributed by atoms with E-state index in [9.17, 15) is 18.4 Å². The van der Waals surface area contributed by atoms with Crippen LogP contribution in [0.5, 0.6) is 0 Å². The number of nitrogens with zero attached hydrogens (tertiary/aromatic N) is 4. The molecular weight excluding hydrogens is 410 g/mol. The Balaban J connectivity index is 1.71. The second kappa shape index (κ2) is 8.53. The van der Waals surface area contributed by atoms with Crippen LogP contribution in [0.3, 0.4) is 0 Å². The standard InChI is InChI=1S/C21H20F2N4O2S/c1-25-8-10-26(11-9-25)19(28)13-30-21-24-17-5-3-2-4-15(17)20(29)27(21)18-7-6-14(22)12-16(18)23/h2-7,12H,8-11,13H2,1H3. The summed E-state index contributed by atoms with van der Waals surface area (Å²) in [6, 6.07) is 9.75. The first-order chi connectivity index (χ1) is 14.4. The third-order valence-electron chi connectivity index (χ3n) is 5.08. The highest BCUT2D eigenvalue weighted by atomic mass is 32.2. The number of halogens is 2. The maximum Gasteiger partial charge on any atom is 0.266 e. The Labute approximate surface area is 176 Å². The predicted molar refractivity (Wildman–Crippen MR) is 112 cm³/mol. The molecule has 4 rings (SSSR count). The highest BCUT2D eigenvalue weighted by Gasteiger charge is 2.21. The number of amides is 1. The summed E-state index contributed by atoms with van der Waals surface area (Å²) in [6.45, 7) is 2.88. The fourth-order valence-electron chi connectivity index (χ4n) is 3.36. The zero-order valence-corrected chi connectivity index (χ0v) is 17.2. The molecule has 1 aliphatic heterocycles. The van der Waals surface area contributed by atoms with Gasteiger partial charge in [0, 0.05) is 32.2 Å². The van der Waals surface area contributed by atoms with Crippen LogP contribution in [-0.2, 0) is 4.79 Å². The summed E-state index contributed by atoms with van der Waals surface area (Å²) in [5.74, 6) is -1.61. The lowest BCUT2D eigenvalue weighted by molar-refractivity contribution is -0.129. The second-order valence-electron chi connectivity index (χ2n) is 7.12. The second-order valence-corrected chi connectivity index (χ2v) is 8.06. The molecule has 30 heavy (non-hydrogen) atoms. The molecule has 1 aliphatic rings. The Morgan fingerprint density at radius 1 is 1.10 bits per heavy atom. The Morgan fingerprint density at radius 3 is 2.57 bits per heavy atom. The highest BCUT2D eigenvalue weighted by molar-refractivity contribution is 7.99. The summed E-state index contributed by atoms with van der Waals surface area (Å²) >= 11 is 1.07. The van der Waals surface area contributed by atoms with Crippen LogP contribution in [0.4, 0.5) is 8.78 Å². The predicted octanol–water partition coefficient (Wildman–Crippen LogP) is 2.53.